The van der Waals surface area contributed by atoms with Crippen molar-refractivity contribution in [2.45, 2.75) is 101 Å². The summed E-state index contributed by atoms with van der Waals surface area (Å²) in [6, 6.07) is 7.40. The van der Waals surface area contributed by atoms with Crippen molar-refractivity contribution in [3.63, 3.8) is 0 Å². The van der Waals surface area contributed by atoms with Gasteiger partial charge in [-0.2, -0.15) is 0 Å². The Morgan fingerprint density at radius 3 is 2.31 bits per heavy atom. The largest absolute Gasteiger partial charge is 0.368 e. The molecule has 4 atom stereocenters. The molecular weight excluding hydrogens is 524 g/mol. The van der Waals surface area contributed by atoms with Gasteiger partial charge in [0.25, 0.3) is 5.91 Å². The molecule has 1 aromatic rings. The highest BCUT2D eigenvalue weighted by atomic mass is 35.5. The van der Waals surface area contributed by atoms with Crippen molar-refractivity contribution in [1.29, 1.82) is 0 Å². The van der Waals surface area contributed by atoms with Crippen LogP contribution < -0.4 is 0 Å². The molecule has 216 valence electrons. The molecule has 39 heavy (non-hydrogen) atoms. The molecule has 0 unspecified atom stereocenters. The van der Waals surface area contributed by atoms with Gasteiger partial charge in [0.15, 0.2) is 0 Å². The standard InChI is InChI=1S/C30H42ClF2N3O3/c1-29(2,3)35-18-24(20-6-8-21(31)9-7-20)25(19-35)27(37)34-15-12-23(17-34)36(28(38)26-5-4-16-39-26)22-10-13-30(32,33)14-11-22/h6-9,22-26H,4-5,10-19H2,1-3H3/t23-,24-,25+,26-/m0/s1. The Bertz CT molecular complexity index is 1030. The highest BCUT2D eigenvalue weighted by Crippen LogP contribution is 2.40. The van der Waals surface area contributed by atoms with Gasteiger partial charge >= 0.3 is 0 Å². The van der Waals surface area contributed by atoms with Crippen molar-refractivity contribution in [3.05, 3.63) is 34.9 Å². The van der Waals surface area contributed by atoms with Gasteiger partial charge in [-0.25, -0.2) is 8.78 Å². The molecule has 0 radical (unpaired) electrons. The van der Waals surface area contributed by atoms with Crippen molar-refractivity contribution in [2.24, 2.45) is 5.92 Å². The summed E-state index contributed by atoms with van der Waals surface area (Å²) in [6.07, 6.45) is 1.85. The zero-order valence-corrected chi connectivity index (χ0v) is 24.1. The summed E-state index contributed by atoms with van der Waals surface area (Å²) in [5.41, 5.74) is 1.04. The Hall–Kier alpha value is -1.77. The molecule has 0 spiro atoms. The number of hydrogen-bond acceptors (Lipinski definition) is 4. The number of rotatable bonds is 5. The third-order valence-corrected chi connectivity index (χ3v) is 9.54. The van der Waals surface area contributed by atoms with E-state index in [1.165, 1.54) is 0 Å². The van der Waals surface area contributed by atoms with Crippen molar-refractivity contribution < 1.29 is 23.1 Å². The number of amides is 2. The van der Waals surface area contributed by atoms with Gasteiger partial charge in [-0.3, -0.25) is 14.5 Å². The van der Waals surface area contributed by atoms with Gasteiger partial charge in [-0.1, -0.05) is 23.7 Å². The maximum atomic E-state index is 14.1. The quantitative estimate of drug-likeness (QED) is 0.484. The number of nitrogens with zero attached hydrogens (tertiary/aromatic N) is 3. The molecule has 3 aliphatic heterocycles. The molecule has 0 aromatic heterocycles. The molecule has 5 rings (SSSR count). The van der Waals surface area contributed by atoms with Gasteiger partial charge in [-0.15, -0.1) is 0 Å². The lowest BCUT2D eigenvalue weighted by Gasteiger charge is -2.41. The van der Waals surface area contributed by atoms with Crippen LogP contribution in [0.25, 0.3) is 0 Å². The minimum Gasteiger partial charge on any atom is -0.368 e. The van der Waals surface area contributed by atoms with Gasteiger partial charge in [0.1, 0.15) is 6.10 Å². The lowest BCUT2D eigenvalue weighted by molar-refractivity contribution is -0.150. The fraction of sp³-hybridized carbons (Fsp3) is 0.733. The SMILES string of the molecule is CC(C)(C)N1C[C@@H](C(=O)N2CC[C@H](N(C(=O)[C@@H]3CCCO3)C3CCC(F)(F)CC3)C2)[C@H](c2ccc(Cl)cc2)C1. The van der Waals surface area contributed by atoms with E-state index in [-0.39, 0.29) is 67.0 Å². The van der Waals surface area contributed by atoms with Gasteiger partial charge in [0, 0.05) is 68.1 Å². The summed E-state index contributed by atoms with van der Waals surface area (Å²) < 4.78 is 33.7. The smallest absolute Gasteiger partial charge is 0.252 e. The highest BCUT2D eigenvalue weighted by Gasteiger charge is 2.47. The minimum absolute atomic E-state index is 0.0539. The number of likely N-dealkylation sites (tertiary alicyclic amines) is 2. The third kappa shape index (κ3) is 6.28. The molecule has 3 heterocycles. The first-order valence-electron chi connectivity index (χ1n) is 14.5. The van der Waals surface area contributed by atoms with Crippen molar-refractivity contribution in [2.75, 3.05) is 32.8 Å². The van der Waals surface area contributed by atoms with Crippen LogP contribution in [0.5, 0.6) is 0 Å². The van der Waals surface area contributed by atoms with E-state index in [1.54, 1.807) is 0 Å². The summed E-state index contributed by atoms with van der Waals surface area (Å²) in [7, 11) is 0. The lowest BCUT2D eigenvalue weighted by atomic mass is 9.88. The van der Waals surface area contributed by atoms with Gasteiger partial charge in [0.05, 0.1) is 12.0 Å². The van der Waals surface area contributed by atoms with Crippen LogP contribution in [0.3, 0.4) is 0 Å². The normalized spacial score (nSPS) is 30.2. The topological polar surface area (TPSA) is 53.1 Å². The number of carbonyl (C=O) groups excluding carboxylic acids is 2. The van der Waals surface area contributed by atoms with Crippen LogP contribution in [0, 0.1) is 5.92 Å². The molecule has 6 nitrogen and oxygen atoms in total. The zero-order valence-electron chi connectivity index (χ0n) is 23.4. The van der Waals surface area contributed by atoms with E-state index in [2.05, 4.69) is 25.7 Å². The Kier molecular flexibility index (Phi) is 8.29. The van der Waals surface area contributed by atoms with Crippen LogP contribution >= 0.6 is 11.6 Å². The van der Waals surface area contributed by atoms with Gasteiger partial charge in [-0.05, 0) is 70.6 Å². The van der Waals surface area contributed by atoms with E-state index in [0.717, 1.165) is 18.5 Å². The Labute approximate surface area is 236 Å². The first kappa shape index (κ1) is 28.7. The second-order valence-electron chi connectivity index (χ2n) is 12.9. The second-order valence-corrected chi connectivity index (χ2v) is 13.3. The molecular formula is C30H42ClF2N3O3. The Balaban J connectivity index is 1.33. The molecule has 1 aliphatic carbocycles. The predicted molar refractivity (Wildman–Crippen MR) is 147 cm³/mol. The summed E-state index contributed by atoms with van der Waals surface area (Å²) in [4.78, 5) is 33.8. The molecule has 2 amide bonds. The van der Waals surface area contributed by atoms with Crippen LogP contribution in [0.2, 0.25) is 5.02 Å². The predicted octanol–water partition coefficient (Wildman–Crippen LogP) is 5.34. The molecule has 1 aromatic carbocycles. The highest BCUT2D eigenvalue weighted by molar-refractivity contribution is 6.30. The van der Waals surface area contributed by atoms with E-state index in [9.17, 15) is 18.4 Å². The number of carbonyl (C=O) groups is 2. The molecule has 3 saturated heterocycles. The number of hydrogen-bond donors (Lipinski definition) is 0. The van der Waals surface area contributed by atoms with E-state index in [4.69, 9.17) is 16.3 Å². The van der Waals surface area contributed by atoms with E-state index in [1.807, 2.05) is 34.1 Å². The molecule has 0 N–H and O–H groups in total. The fourth-order valence-corrected chi connectivity index (χ4v) is 7.08. The molecule has 4 fully saturated rings. The van der Waals surface area contributed by atoms with Crippen molar-refractivity contribution in [3.8, 4) is 0 Å². The summed E-state index contributed by atoms with van der Waals surface area (Å²) >= 11 is 6.15. The van der Waals surface area contributed by atoms with E-state index < -0.39 is 12.0 Å². The number of alkyl halides is 2. The number of halogens is 3. The Morgan fingerprint density at radius 2 is 1.69 bits per heavy atom. The molecule has 9 heteroatoms. The summed E-state index contributed by atoms with van der Waals surface area (Å²) in [6.45, 7) is 9.56. The van der Waals surface area contributed by atoms with E-state index in [0.29, 0.717) is 44.1 Å². The van der Waals surface area contributed by atoms with Crippen LogP contribution in [-0.2, 0) is 14.3 Å². The van der Waals surface area contributed by atoms with E-state index >= 15 is 0 Å². The zero-order chi connectivity index (χ0) is 27.9. The summed E-state index contributed by atoms with van der Waals surface area (Å²) in [5, 5.41) is 0.672. The van der Waals surface area contributed by atoms with Crippen LogP contribution in [0.4, 0.5) is 8.78 Å². The second kappa shape index (κ2) is 11.2. The molecule has 4 aliphatic rings. The number of benzene rings is 1. The van der Waals surface area contributed by atoms with Crippen LogP contribution in [-0.4, -0.2) is 88.9 Å². The van der Waals surface area contributed by atoms with Crippen molar-refractivity contribution >= 4 is 23.4 Å². The number of ether oxygens (including phenoxy) is 1. The minimum atomic E-state index is -2.66. The van der Waals surface area contributed by atoms with Crippen LogP contribution in [0.15, 0.2) is 24.3 Å². The van der Waals surface area contributed by atoms with Crippen LogP contribution in [0.1, 0.15) is 77.2 Å². The third-order valence-electron chi connectivity index (χ3n) is 9.29. The lowest BCUT2D eigenvalue weighted by Crippen LogP contribution is -2.54. The summed E-state index contributed by atoms with van der Waals surface area (Å²) in [5.74, 6) is -2.77. The van der Waals surface area contributed by atoms with Crippen molar-refractivity contribution in [1.82, 2.24) is 14.7 Å². The molecule has 1 saturated carbocycles. The first-order chi connectivity index (χ1) is 18.4. The first-order valence-corrected chi connectivity index (χ1v) is 14.9. The average Bonchev–Trinajstić information content (AvgIpc) is 3.65. The maximum absolute atomic E-state index is 14.1. The Morgan fingerprint density at radius 1 is 1.00 bits per heavy atom. The van der Waals surface area contributed by atoms with Gasteiger partial charge in [0.2, 0.25) is 11.8 Å². The monoisotopic (exact) mass is 565 g/mol. The maximum Gasteiger partial charge on any atom is 0.252 e. The average molecular weight is 566 g/mol. The molecule has 0 bridgehead atoms. The fourth-order valence-electron chi connectivity index (χ4n) is 6.95. The van der Waals surface area contributed by atoms with Gasteiger partial charge < -0.3 is 14.5 Å².